The van der Waals surface area contributed by atoms with Crippen molar-refractivity contribution in [2.24, 2.45) is 0 Å². The van der Waals surface area contributed by atoms with Crippen LogP contribution in [0.2, 0.25) is 0 Å². The molecular weight excluding hydrogens is 403 g/mol. The third kappa shape index (κ3) is 5.81. The largest absolute Gasteiger partial charge is 0.478 e. The van der Waals surface area contributed by atoms with Crippen LogP contribution in [0.1, 0.15) is 31.8 Å². The highest BCUT2D eigenvalue weighted by molar-refractivity contribution is 5.94. The summed E-state index contributed by atoms with van der Waals surface area (Å²) < 4.78 is 38.7. The monoisotopic (exact) mass is 419 g/mol. The average molecular weight is 419 g/mol. The van der Waals surface area contributed by atoms with E-state index in [-0.39, 0.29) is 22.4 Å². The molecule has 1 heterocycles. The van der Waals surface area contributed by atoms with Gasteiger partial charge < -0.3 is 10.2 Å². The predicted octanol–water partition coefficient (Wildman–Crippen LogP) is 4.25. The van der Waals surface area contributed by atoms with E-state index in [0.717, 1.165) is 22.8 Å². The summed E-state index contributed by atoms with van der Waals surface area (Å²) in [4.78, 5) is 32.5. The van der Waals surface area contributed by atoms with Crippen LogP contribution >= 0.6 is 0 Å². The summed E-state index contributed by atoms with van der Waals surface area (Å²) in [5.74, 6) is -2.24. The number of carboxylic acids is 2. The molecule has 0 saturated carbocycles. The molecular formula is C21H16F3NO5. The third-order valence-corrected chi connectivity index (χ3v) is 3.85. The van der Waals surface area contributed by atoms with Crippen LogP contribution in [0.3, 0.4) is 0 Å². The van der Waals surface area contributed by atoms with Crippen LogP contribution in [0.5, 0.6) is 0 Å². The second-order valence-corrected chi connectivity index (χ2v) is 6.15. The molecule has 0 spiro atoms. The molecule has 2 N–H and O–H groups in total. The van der Waals surface area contributed by atoms with Gasteiger partial charge in [0.25, 0.3) is 5.56 Å². The van der Waals surface area contributed by atoms with Gasteiger partial charge in [0.15, 0.2) is 0 Å². The van der Waals surface area contributed by atoms with Crippen LogP contribution in [0, 0.1) is 6.92 Å². The maximum atomic E-state index is 12.5. The zero-order chi connectivity index (χ0) is 22.5. The van der Waals surface area contributed by atoms with Gasteiger partial charge in [-0.3, -0.25) is 9.36 Å². The molecule has 3 rings (SSSR count). The number of carboxylic acid groups (broad SMARTS) is 2. The molecule has 0 saturated heterocycles. The van der Waals surface area contributed by atoms with Crippen LogP contribution in [-0.2, 0) is 6.18 Å². The summed E-state index contributed by atoms with van der Waals surface area (Å²) in [5.41, 5.74) is -0.324. The quantitative estimate of drug-likeness (QED) is 0.662. The van der Waals surface area contributed by atoms with Crippen molar-refractivity contribution in [3.63, 3.8) is 0 Å². The topological polar surface area (TPSA) is 96.6 Å². The molecule has 30 heavy (non-hydrogen) atoms. The standard InChI is InChI=1S/C12H8F3NO.C9H8O4/c13-12(14,15)9-4-3-5-10(8-9)16-7-2-1-6-11(16)17;1-5-2-6(8(10)11)4-7(3-5)9(12)13/h1-8H;2-4H,1H3,(H,10,11)(H,12,13). The lowest BCUT2D eigenvalue weighted by molar-refractivity contribution is -0.137. The van der Waals surface area contributed by atoms with Crippen molar-refractivity contribution in [2.45, 2.75) is 13.1 Å². The second-order valence-electron chi connectivity index (χ2n) is 6.15. The molecule has 3 aromatic rings. The van der Waals surface area contributed by atoms with E-state index in [0.29, 0.717) is 5.56 Å². The summed E-state index contributed by atoms with van der Waals surface area (Å²) in [6.45, 7) is 1.65. The van der Waals surface area contributed by atoms with Gasteiger partial charge in [0.1, 0.15) is 0 Å². The fourth-order valence-corrected chi connectivity index (χ4v) is 2.50. The molecule has 9 heteroatoms. The molecule has 6 nitrogen and oxygen atoms in total. The number of halogens is 3. The normalized spacial score (nSPS) is 10.7. The fourth-order valence-electron chi connectivity index (χ4n) is 2.50. The smallest absolute Gasteiger partial charge is 0.416 e. The first-order valence-electron chi connectivity index (χ1n) is 8.42. The van der Waals surface area contributed by atoms with Gasteiger partial charge in [-0.25, -0.2) is 9.59 Å². The molecule has 0 aliphatic heterocycles. The summed E-state index contributed by atoms with van der Waals surface area (Å²) in [7, 11) is 0. The van der Waals surface area contributed by atoms with Crippen molar-refractivity contribution >= 4 is 11.9 Å². The van der Waals surface area contributed by atoms with Gasteiger partial charge in [-0.15, -0.1) is 0 Å². The van der Waals surface area contributed by atoms with E-state index in [1.807, 2.05) is 0 Å². The van der Waals surface area contributed by atoms with Crippen LogP contribution in [0.25, 0.3) is 5.69 Å². The van der Waals surface area contributed by atoms with Crippen molar-refractivity contribution in [3.8, 4) is 5.69 Å². The summed E-state index contributed by atoms with van der Waals surface area (Å²) in [6.07, 6.45) is -2.98. The van der Waals surface area contributed by atoms with Gasteiger partial charge in [0, 0.05) is 18.0 Å². The first kappa shape index (κ1) is 22.4. The highest BCUT2D eigenvalue weighted by atomic mass is 19.4. The number of pyridine rings is 1. The number of hydrogen-bond donors (Lipinski definition) is 2. The Morgan fingerprint density at radius 1 is 0.867 bits per heavy atom. The van der Waals surface area contributed by atoms with Crippen molar-refractivity contribution in [3.05, 3.63) is 99.5 Å². The van der Waals surface area contributed by atoms with Crippen LogP contribution in [0.15, 0.2) is 71.7 Å². The number of hydrogen-bond acceptors (Lipinski definition) is 3. The lowest BCUT2D eigenvalue weighted by atomic mass is 10.1. The van der Waals surface area contributed by atoms with Crippen molar-refractivity contribution in [1.82, 2.24) is 4.57 Å². The highest BCUT2D eigenvalue weighted by Gasteiger charge is 2.30. The van der Waals surface area contributed by atoms with E-state index in [9.17, 15) is 27.6 Å². The Morgan fingerprint density at radius 3 is 1.97 bits per heavy atom. The Morgan fingerprint density at radius 2 is 1.47 bits per heavy atom. The minimum Gasteiger partial charge on any atom is -0.478 e. The van der Waals surface area contributed by atoms with Crippen molar-refractivity contribution in [1.29, 1.82) is 0 Å². The SMILES string of the molecule is Cc1cc(C(=O)O)cc(C(=O)O)c1.O=c1ccccn1-c1cccc(C(F)(F)F)c1. The van der Waals surface area contributed by atoms with Gasteiger partial charge in [0.2, 0.25) is 0 Å². The number of aryl methyl sites for hydroxylation is 1. The van der Waals surface area contributed by atoms with Gasteiger partial charge >= 0.3 is 18.1 Å². The minimum atomic E-state index is -4.41. The van der Waals surface area contributed by atoms with Gasteiger partial charge in [-0.05, 0) is 55.0 Å². The first-order valence-corrected chi connectivity index (χ1v) is 8.42. The molecule has 0 amide bonds. The maximum absolute atomic E-state index is 12.5. The van der Waals surface area contributed by atoms with Crippen LogP contribution < -0.4 is 5.56 Å². The minimum absolute atomic E-state index is 0.00241. The molecule has 1 aromatic heterocycles. The van der Waals surface area contributed by atoms with Gasteiger partial charge in [-0.2, -0.15) is 13.2 Å². The molecule has 2 aromatic carbocycles. The highest BCUT2D eigenvalue weighted by Crippen LogP contribution is 2.30. The van der Waals surface area contributed by atoms with Crippen molar-refractivity contribution < 1.29 is 33.0 Å². The van der Waals surface area contributed by atoms with E-state index < -0.39 is 23.7 Å². The molecule has 0 atom stereocenters. The molecule has 0 unspecified atom stereocenters. The Labute approximate surface area is 168 Å². The molecule has 156 valence electrons. The van der Waals surface area contributed by atoms with E-state index in [2.05, 4.69) is 0 Å². The van der Waals surface area contributed by atoms with E-state index in [4.69, 9.17) is 10.2 Å². The number of alkyl halides is 3. The second kappa shape index (κ2) is 9.08. The lowest BCUT2D eigenvalue weighted by Crippen LogP contribution is -2.16. The first-order chi connectivity index (χ1) is 14.0. The number of aromatic nitrogens is 1. The van der Waals surface area contributed by atoms with Gasteiger partial charge in [0.05, 0.1) is 16.7 Å². The number of benzene rings is 2. The molecule has 0 fully saturated rings. The zero-order valence-corrected chi connectivity index (χ0v) is 15.6. The molecule has 0 aliphatic carbocycles. The summed E-state index contributed by atoms with van der Waals surface area (Å²) in [6, 6.07) is 13.0. The molecule has 0 aliphatic rings. The maximum Gasteiger partial charge on any atom is 0.416 e. The Hall–Kier alpha value is -3.88. The third-order valence-electron chi connectivity index (χ3n) is 3.85. The van der Waals surface area contributed by atoms with Crippen LogP contribution in [0.4, 0.5) is 13.2 Å². The summed E-state index contributed by atoms with van der Waals surface area (Å²) >= 11 is 0. The number of nitrogens with zero attached hydrogens (tertiary/aromatic N) is 1. The van der Waals surface area contributed by atoms with Crippen molar-refractivity contribution in [2.75, 3.05) is 0 Å². The zero-order valence-electron chi connectivity index (χ0n) is 15.6. The molecule has 0 bridgehead atoms. The molecule has 0 radical (unpaired) electrons. The Bertz CT molecular complexity index is 1100. The lowest BCUT2D eigenvalue weighted by Gasteiger charge is -2.09. The predicted molar refractivity (Wildman–Crippen MR) is 102 cm³/mol. The fraction of sp³-hybridized carbons (Fsp3) is 0.0952. The summed E-state index contributed by atoms with van der Waals surface area (Å²) in [5, 5.41) is 17.2. The Kier molecular flexibility index (Phi) is 6.78. The number of carbonyl (C=O) groups is 2. The van der Waals surface area contributed by atoms with E-state index >= 15 is 0 Å². The van der Waals surface area contributed by atoms with E-state index in [1.54, 1.807) is 13.0 Å². The Balaban J connectivity index is 0.000000222. The van der Waals surface area contributed by atoms with Crippen LogP contribution in [-0.4, -0.2) is 26.7 Å². The number of aromatic carboxylic acids is 2. The number of rotatable bonds is 3. The average Bonchev–Trinajstić information content (AvgIpc) is 2.68. The van der Waals surface area contributed by atoms with Gasteiger partial charge in [-0.1, -0.05) is 12.1 Å². The van der Waals surface area contributed by atoms with E-state index in [1.165, 1.54) is 42.6 Å².